The van der Waals surface area contributed by atoms with Crippen LogP contribution in [0.2, 0.25) is 5.15 Å². The Bertz CT molecular complexity index is 481. The Morgan fingerprint density at radius 3 is 2.82 bits per heavy atom. The molecule has 1 saturated carbocycles. The van der Waals surface area contributed by atoms with Gasteiger partial charge in [0.1, 0.15) is 5.15 Å². The molecule has 1 aromatic heterocycles. The molecule has 0 saturated heterocycles. The molecule has 2 aliphatic rings. The van der Waals surface area contributed by atoms with E-state index in [2.05, 4.69) is 10.3 Å². The number of amides is 1. The van der Waals surface area contributed by atoms with E-state index in [1.54, 1.807) is 12.1 Å². The lowest BCUT2D eigenvalue weighted by molar-refractivity contribution is -0.122. The van der Waals surface area contributed by atoms with E-state index in [9.17, 15) is 9.90 Å². The van der Waals surface area contributed by atoms with Crippen molar-refractivity contribution < 1.29 is 9.90 Å². The monoisotopic (exact) mass is 252 g/mol. The van der Waals surface area contributed by atoms with Crippen molar-refractivity contribution in [1.82, 2.24) is 4.98 Å². The van der Waals surface area contributed by atoms with Crippen molar-refractivity contribution >= 4 is 23.2 Å². The lowest BCUT2D eigenvalue weighted by Crippen LogP contribution is -2.40. The summed E-state index contributed by atoms with van der Waals surface area (Å²) in [4.78, 5) is 16.5. The van der Waals surface area contributed by atoms with E-state index in [0.29, 0.717) is 30.8 Å². The number of hydrogen-bond donors (Lipinski definition) is 2. The number of carbonyl (C=O) groups is 1. The number of aliphatic hydroxyl groups excluding tert-OH is 1. The van der Waals surface area contributed by atoms with Crippen LogP contribution >= 0.6 is 11.6 Å². The predicted molar refractivity (Wildman–Crippen MR) is 64.0 cm³/mol. The van der Waals surface area contributed by atoms with Crippen LogP contribution in [0.3, 0.4) is 0 Å². The summed E-state index contributed by atoms with van der Waals surface area (Å²) >= 11 is 5.90. The van der Waals surface area contributed by atoms with Gasteiger partial charge in [0.25, 0.3) is 0 Å². The highest BCUT2D eigenvalue weighted by Gasteiger charge is 2.49. The minimum atomic E-state index is -0.570. The van der Waals surface area contributed by atoms with Crippen LogP contribution in [-0.2, 0) is 10.2 Å². The van der Waals surface area contributed by atoms with E-state index in [-0.39, 0.29) is 12.0 Å². The molecule has 1 fully saturated rings. The van der Waals surface area contributed by atoms with Gasteiger partial charge in [0, 0.05) is 0 Å². The van der Waals surface area contributed by atoms with Gasteiger partial charge in [0.15, 0.2) is 0 Å². The Hall–Kier alpha value is -1.13. The average molecular weight is 253 g/mol. The summed E-state index contributed by atoms with van der Waals surface area (Å²) in [6.45, 7) is 0. The summed E-state index contributed by atoms with van der Waals surface area (Å²) in [5, 5.41) is 12.8. The molecule has 17 heavy (non-hydrogen) atoms. The van der Waals surface area contributed by atoms with Crippen molar-refractivity contribution in [3.8, 4) is 0 Å². The minimum Gasteiger partial charge on any atom is -0.393 e. The second-order valence-electron chi connectivity index (χ2n) is 4.80. The Balaban J connectivity index is 2.06. The summed E-state index contributed by atoms with van der Waals surface area (Å²) < 4.78 is 0. The number of nitrogens with one attached hydrogen (secondary N) is 1. The predicted octanol–water partition coefficient (Wildman–Crippen LogP) is 1.86. The summed E-state index contributed by atoms with van der Waals surface area (Å²) in [6, 6.07) is 3.47. The van der Waals surface area contributed by atoms with Crippen LogP contribution in [0.25, 0.3) is 0 Å². The molecule has 1 aromatic rings. The van der Waals surface area contributed by atoms with Gasteiger partial charge < -0.3 is 10.4 Å². The summed E-state index contributed by atoms with van der Waals surface area (Å²) in [5.74, 6) is -0.00540. The number of rotatable bonds is 0. The van der Waals surface area contributed by atoms with E-state index in [4.69, 9.17) is 11.6 Å². The van der Waals surface area contributed by atoms with Crippen molar-refractivity contribution in [2.75, 3.05) is 5.32 Å². The second-order valence-corrected chi connectivity index (χ2v) is 5.18. The van der Waals surface area contributed by atoms with Crippen molar-refractivity contribution in [3.05, 3.63) is 23.0 Å². The fourth-order valence-electron chi connectivity index (χ4n) is 2.81. The summed E-state index contributed by atoms with van der Waals surface area (Å²) in [5.41, 5.74) is 0.942. The Labute approximate surface area is 104 Å². The van der Waals surface area contributed by atoms with Gasteiger partial charge in [-0.2, -0.15) is 0 Å². The first-order valence-electron chi connectivity index (χ1n) is 5.78. The Morgan fingerprint density at radius 2 is 2.12 bits per heavy atom. The zero-order valence-electron chi connectivity index (χ0n) is 9.24. The standard InChI is InChI=1S/C12H13ClN2O2/c13-9-2-1-8-10(15-9)12(11(17)14-8)5-3-7(16)4-6-12/h1-2,7,16H,3-6H2,(H,14,17). The maximum Gasteiger partial charge on any atom is 0.236 e. The SMILES string of the molecule is O=C1Nc2ccc(Cl)nc2C12CCC(O)CC2. The lowest BCUT2D eigenvalue weighted by atomic mass is 9.71. The smallest absolute Gasteiger partial charge is 0.236 e. The topological polar surface area (TPSA) is 62.2 Å². The molecule has 90 valence electrons. The molecule has 3 rings (SSSR count). The van der Waals surface area contributed by atoms with Gasteiger partial charge in [0.2, 0.25) is 5.91 Å². The number of carbonyl (C=O) groups excluding carboxylic acids is 1. The number of aromatic nitrogens is 1. The average Bonchev–Trinajstić information content (AvgIpc) is 2.57. The van der Waals surface area contributed by atoms with E-state index < -0.39 is 5.41 Å². The fourth-order valence-corrected chi connectivity index (χ4v) is 2.96. The van der Waals surface area contributed by atoms with Crippen molar-refractivity contribution in [3.63, 3.8) is 0 Å². The second kappa shape index (κ2) is 3.68. The molecule has 0 unspecified atom stereocenters. The molecule has 1 aliphatic carbocycles. The first kappa shape index (κ1) is 11.0. The van der Waals surface area contributed by atoms with E-state index in [1.165, 1.54) is 0 Å². The van der Waals surface area contributed by atoms with E-state index in [0.717, 1.165) is 11.4 Å². The van der Waals surface area contributed by atoms with Crippen LogP contribution in [0.15, 0.2) is 12.1 Å². The summed E-state index contributed by atoms with van der Waals surface area (Å²) in [7, 11) is 0. The number of aliphatic hydroxyl groups is 1. The van der Waals surface area contributed by atoms with Crippen LogP contribution in [0.4, 0.5) is 5.69 Å². The van der Waals surface area contributed by atoms with Gasteiger partial charge in [-0.3, -0.25) is 4.79 Å². The Morgan fingerprint density at radius 1 is 1.41 bits per heavy atom. The maximum absolute atomic E-state index is 12.2. The number of fused-ring (bicyclic) bond motifs is 2. The van der Waals surface area contributed by atoms with Crippen LogP contribution in [0, 0.1) is 0 Å². The van der Waals surface area contributed by atoms with Crippen LogP contribution in [0.1, 0.15) is 31.4 Å². The largest absolute Gasteiger partial charge is 0.393 e. The van der Waals surface area contributed by atoms with Gasteiger partial charge in [-0.25, -0.2) is 4.98 Å². The normalized spacial score (nSPS) is 31.4. The third kappa shape index (κ3) is 1.55. The molecule has 0 atom stereocenters. The first-order chi connectivity index (χ1) is 8.12. The quantitative estimate of drug-likeness (QED) is 0.693. The van der Waals surface area contributed by atoms with Crippen LogP contribution < -0.4 is 5.32 Å². The number of halogens is 1. The minimum absolute atomic E-state index is 0.00540. The first-order valence-corrected chi connectivity index (χ1v) is 6.16. The molecular weight excluding hydrogens is 240 g/mol. The van der Waals surface area contributed by atoms with Gasteiger partial charge in [-0.05, 0) is 37.8 Å². The molecule has 1 amide bonds. The highest BCUT2D eigenvalue weighted by atomic mass is 35.5. The highest BCUT2D eigenvalue weighted by molar-refractivity contribution is 6.29. The van der Waals surface area contributed by atoms with Gasteiger partial charge in [-0.1, -0.05) is 11.6 Å². The third-order valence-electron chi connectivity index (χ3n) is 3.81. The molecule has 0 aromatic carbocycles. The molecule has 5 heteroatoms. The van der Waals surface area contributed by atoms with Gasteiger partial charge >= 0.3 is 0 Å². The molecule has 0 radical (unpaired) electrons. The van der Waals surface area contributed by atoms with E-state index >= 15 is 0 Å². The highest BCUT2D eigenvalue weighted by Crippen LogP contribution is 2.46. The molecule has 4 nitrogen and oxygen atoms in total. The molecule has 1 aliphatic heterocycles. The Kier molecular flexibility index (Phi) is 2.38. The number of pyridine rings is 1. The van der Waals surface area contributed by atoms with Crippen molar-refractivity contribution in [2.45, 2.75) is 37.2 Å². The zero-order valence-corrected chi connectivity index (χ0v) is 10.00. The molecule has 0 bridgehead atoms. The molecule has 2 N–H and O–H groups in total. The number of anilines is 1. The third-order valence-corrected chi connectivity index (χ3v) is 4.02. The van der Waals surface area contributed by atoms with Gasteiger partial charge in [-0.15, -0.1) is 0 Å². The summed E-state index contributed by atoms with van der Waals surface area (Å²) in [6.07, 6.45) is 2.26. The van der Waals surface area contributed by atoms with Crippen molar-refractivity contribution in [2.24, 2.45) is 0 Å². The lowest BCUT2D eigenvalue weighted by Gasteiger charge is -2.32. The van der Waals surface area contributed by atoms with Crippen LogP contribution in [0.5, 0.6) is 0 Å². The maximum atomic E-state index is 12.2. The number of nitrogens with zero attached hydrogens (tertiary/aromatic N) is 1. The van der Waals surface area contributed by atoms with Crippen molar-refractivity contribution in [1.29, 1.82) is 0 Å². The number of hydrogen-bond acceptors (Lipinski definition) is 3. The molecule has 1 spiro atoms. The zero-order chi connectivity index (χ0) is 12.0. The molecule has 2 heterocycles. The van der Waals surface area contributed by atoms with Crippen LogP contribution in [-0.4, -0.2) is 22.1 Å². The molecular formula is C12H13ClN2O2. The fraction of sp³-hybridized carbons (Fsp3) is 0.500. The van der Waals surface area contributed by atoms with E-state index in [1.807, 2.05) is 0 Å². The van der Waals surface area contributed by atoms with Gasteiger partial charge in [0.05, 0.1) is 22.9 Å².